The highest BCUT2D eigenvalue weighted by molar-refractivity contribution is 5.95. The summed E-state index contributed by atoms with van der Waals surface area (Å²) in [6.45, 7) is 1.21. The Morgan fingerprint density at radius 3 is 2.38 bits per heavy atom. The Morgan fingerprint density at radius 2 is 1.77 bits per heavy atom. The van der Waals surface area contributed by atoms with Crippen LogP contribution in [-0.2, 0) is 22.6 Å². The number of halogens is 1. The lowest BCUT2D eigenvalue weighted by Gasteiger charge is -2.16. The Balaban J connectivity index is 0.00000243. The number of nitrogens with one attached hydrogen (secondary N) is 1. The number of amides is 2. The molecule has 2 aromatic rings. The summed E-state index contributed by atoms with van der Waals surface area (Å²) in [7, 11) is 0. The number of nitrogens with zero attached hydrogens (tertiary/aromatic N) is 1. The fourth-order valence-electron chi connectivity index (χ4n) is 3.00. The zero-order valence-electron chi connectivity index (χ0n) is 14.6. The Kier molecular flexibility index (Phi) is 7.18. The lowest BCUT2D eigenvalue weighted by molar-refractivity contribution is -0.122. The minimum Gasteiger partial charge on any atom is -0.351 e. The Hall–Kier alpha value is -2.37. The van der Waals surface area contributed by atoms with Gasteiger partial charge in [-0.25, -0.2) is 0 Å². The molecular formula is C20H24ClN3O2. The van der Waals surface area contributed by atoms with Gasteiger partial charge in [-0.15, -0.1) is 12.4 Å². The maximum Gasteiger partial charge on any atom is 0.237 e. The molecule has 3 rings (SSSR count). The molecule has 0 spiro atoms. The van der Waals surface area contributed by atoms with E-state index in [4.69, 9.17) is 5.73 Å². The van der Waals surface area contributed by atoms with E-state index in [-0.39, 0.29) is 24.2 Å². The summed E-state index contributed by atoms with van der Waals surface area (Å²) < 4.78 is 0. The molecule has 2 aromatic carbocycles. The van der Waals surface area contributed by atoms with E-state index in [0.29, 0.717) is 19.4 Å². The van der Waals surface area contributed by atoms with E-state index in [0.717, 1.165) is 29.8 Å². The normalized spacial score (nSPS) is 14.7. The molecule has 26 heavy (non-hydrogen) atoms. The van der Waals surface area contributed by atoms with E-state index >= 15 is 0 Å². The fraction of sp³-hybridized carbons (Fsp3) is 0.300. The first-order valence-corrected chi connectivity index (χ1v) is 8.60. The molecule has 0 aromatic heterocycles. The second-order valence-electron chi connectivity index (χ2n) is 6.33. The molecule has 0 bridgehead atoms. The van der Waals surface area contributed by atoms with Crippen molar-refractivity contribution in [1.82, 2.24) is 5.32 Å². The highest BCUT2D eigenvalue weighted by Gasteiger charge is 2.21. The number of carbonyl (C=O) groups is 2. The van der Waals surface area contributed by atoms with E-state index in [1.165, 1.54) is 0 Å². The van der Waals surface area contributed by atoms with Gasteiger partial charge in [0.15, 0.2) is 0 Å². The van der Waals surface area contributed by atoms with E-state index in [9.17, 15) is 9.59 Å². The lowest BCUT2D eigenvalue weighted by Crippen LogP contribution is -2.41. The van der Waals surface area contributed by atoms with Gasteiger partial charge in [0.2, 0.25) is 11.8 Å². The predicted molar refractivity (Wildman–Crippen MR) is 105 cm³/mol. The van der Waals surface area contributed by atoms with Gasteiger partial charge in [-0.05, 0) is 36.1 Å². The van der Waals surface area contributed by atoms with Crippen LogP contribution in [0.3, 0.4) is 0 Å². The quantitative estimate of drug-likeness (QED) is 0.816. The molecule has 5 nitrogen and oxygen atoms in total. The van der Waals surface area contributed by atoms with E-state index in [1.807, 2.05) is 54.6 Å². The molecule has 138 valence electrons. The molecule has 1 atom stereocenters. The highest BCUT2D eigenvalue weighted by Crippen LogP contribution is 2.21. The summed E-state index contributed by atoms with van der Waals surface area (Å²) >= 11 is 0. The van der Waals surface area contributed by atoms with Crippen molar-refractivity contribution in [1.29, 1.82) is 0 Å². The van der Waals surface area contributed by atoms with Crippen LogP contribution in [0.2, 0.25) is 0 Å². The van der Waals surface area contributed by atoms with Crippen LogP contribution in [0.4, 0.5) is 5.69 Å². The molecule has 0 saturated carbocycles. The van der Waals surface area contributed by atoms with Crippen molar-refractivity contribution in [2.45, 2.75) is 31.8 Å². The molecule has 1 aliphatic rings. The zero-order chi connectivity index (χ0) is 17.6. The topological polar surface area (TPSA) is 75.4 Å². The highest BCUT2D eigenvalue weighted by atomic mass is 35.5. The molecule has 1 saturated heterocycles. The second-order valence-corrected chi connectivity index (χ2v) is 6.33. The van der Waals surface area contributed by atoms with Gasteiger partial charge >= 0.3 is 0 Å². The van der Waals surface area contributed by atoms with Gasteiger partial charge in [-0.3, -0.25) is 9.59 Å². The molecule has 0 aliphatic carbocycles. The number of anilines is 1. The van der Waals surface area contributed by atoms with Crippen LogP contribution in [0, 0.1) is 0 Å². The molecule has 0 radical (unpaired) electrons. The van der Waals surface area contributed by atoms with Crippen molar-refractivity contribution < 1.29 is 9.59 Å². The Morgan fingerprint density at radius 1 is 1.08 bits per heavy atom. The van der Waals surface area contributed by atoms with Crippen molar-refractivity contribution in [3.8, 4) is 0 Å². The smallest absolute Gasteiger partial charge is 0.237 e. The van der Waals surface area contributed by atoms with Gasteiger partial charge in [0.1, 0.15) is 0 Å². The van der Waals surface area contributed by atoms with Gasteiger partial charge < -0.3 is 16.0 Å². The Bertz CT molecular complexity index is 734. The average molecular weight is 374 g/mol. The standard InChI is InChI=1S/C20H23N3O2.ClH/c21-18(13-15-5-2-1-3-6-15)20(25)22-14-16-8-10-17(11-9-16)23-12-4-7-19(23)24;/h1-3,5-6,8-11,18H,4,7,12-14,21H2,(H,22,25);1H/t18-;/m0./s1. The van der Waals surface area contributed by atoms with E-state index < -0.39 is 6.04 Å². The molecule has 0 unspecified atom stereocenters. The van der Waals surface area contributed by atoms with Crippen LogP contribution in [0.25, 0.3) is 0 Å². The minimum atomic E-state index is -0.566. The summed E-state index contributed by atoms with van der Waals surface area (Å²) in [6.07, 6.45) is 2.05. The van der Waals surface area contributed by atoms with Crippen LogP contribution in [0.5, 0.6) is 0 Å². The third-order valence-electron chi connectivity index (χ3n) is 4.42. The van der Waals surface area contributed by atoms with Crippen LogP contribution in [-0.4, -0.2) is 24.4 Å². The summed E-state index contributed by atoms with van der Waals surface area (Å²) in [6, 6.07) is 16.9. The van der Waals surface area contributed by atoms with Crippen molar-refractivity contribution in [3.05, 3.63) is 65.7 Å². The molecule has 1 aliphatic heterocycles. The van der Waals surface area contributed by atoms with Crippen molar-refractivity contribution in [3.63, 3.8) is 0 Å². The van der Waals surface area contributed by atoms with Crippen LogP contribution >= 0.6 is 12.4 Å². The monoisotopic (exact) mass is 373 g/mol. The summed E-state index contributed by atoms with van der Waals surface area (Å²) in [5.74, 6) is 0.00980. The lowest BCUT2D eigenvalue weighted by atomic mass is 10.1. The van der Waals surface area contributed by atoms with E-state index in [1.54, 1.807) is 4.90 Å². The first kappa shape index (κ1) is 19.9. The maximum absolute atomic E-state index is 12.2. The summed E-state index contributed by atoms with van der Waals surface area (Å²) in [5, 5.41) is 2.87. The molecule has 3 N–H and O–H groups in total. The molecule has 6 heteroatoms. The number of hydrogen-bond donors (Lipinski definition) is 2. The number of nitrogens with two attached hydrogens (primary N) is 1. The minimum absolute atomic E-state index is 0. The first-order chi connectivity index (χ1) is 12.1. The van der Waals surface area contributed by atoms with Crippen molar-refractivity contribution in [2.75, 3.05) is 11.4 Å². The summed E-state index contributed by atoms with van der Waals surface area (Å²) in [4.78, 5) is 25.7. The maximum atomic E-state index is 12.2. The van der Waals surface area contributed by atoms with Gasteiger partial charge in [-0.2, -0.15) is 0 Å². The molecular weight excluding hydrogens is 350 g/mol. The van der Waals surface area contributed by atoms with Gasteiger partial charge in [-0.1, -0.05) is 42.5 Å². The molecule has 1 fully saturated rings. The van der Waals surface area contributed by atoms with Gasteiger partial charge in [0, 0.05) is 25.2 Å². The fourth-order valence-corrected chi connectivity index (χ4v) is 3.00. The largest absolute Gasteiger partial charge is 0.351 e. The first-order valence-electron chi connectivity index (χ1n) is 8.60. The third kappa shape index (κ3) is 5.07. The number of hydrogen-bond acceptors (Lipinski definition) is 3. The number of carbonyl (C=O) groups excluding carboxylic acids is 2. The van der Waals surface area contributed by atoms with Gasteiger partial charge in [0.25, 0.3) is 0 Å². The van der Waals surface area contributed by atoms with Crippen LogP contribution < -0.4 is 16.0 Å². The van der Waals surface area contributed by atoms with Gasteiger partial charge in [0.05, 0.1) is 6.04 Å². The van der Waals surface area contributed by atoms with E-state index in [2.05, 4.69) is 5.32 Å². The third-order valence-corrected chi connectivity index (χ3v) is 4.42. The average Bonchev–Trinajstić information content (AvgIpc) is 3.07. The summed E-state index contributed by atoms with van der Waals surface area (Å²) in [5.41, 5.74) is 8.92. The number of benzene rings is 2. The molecule has 1 heterocycles. The number of rotatable bonds is 6. The van der Waals surface area contributed by atoms with Crippen LogP contribution in [0.15, 0.2) is 54.6 Å². The van der Waals surface area contributed by atoms with Crippen molar-refractivity contribution >= 4 is 29.9 Å². The molecule has 2 amide bonds. The predicted octanol–water partition coefficient (Wildman–Crippen LogP) is 2.42. The zero-order valence-corrected chi connectivity index (χ0v) is 15.4. The van der Waals surface area contributed by atoms with Crippen molar-refractivity contribution in [2.24, 2.45) is 5.73 Å². The second kappa shape index (κ2) is 9.36. The Labute approximate surface area is 160 Å². The SMILES string of the molecule is Cl.N[C@@H](Cc1ccccc1)C(=O)NCc1ccc(N2CCCC2=O)cc1. The van der Waals surface area contributed by atoms with Crippen LogP contribution in [0.1, 0.15) is 24.0 Å².